The highest BCUT2D eigenvalue weighted by Crippen LogP contribution is 2.48. The third kappa shape index (κ3) is 5.92. The quantitative estimate of drug-likeness (QED) is 0.233. The van der Waals surface area contributed by atoms with Crippen LogP contribution in [0.4, 0.5) is 17.6 Å². The van der Waals surface area contributed by atoms with Crippen LogP contribution >= 0.6 is 0 Å². The molecule has 4 aromatic rings. The normalized spacial score (nSPS) is 21.6. The van der Waals surface area contributed by atoms with Crippen LogP contribution in [0, 0.1) is 5.82 Å². The van der Waals surface area contributed by atoms with Crippen molar-refractivity contribution in [2.24, 2.45) is 0 Å². The number of aliphatic hydroxyl groups excluding tert-OH is 1. The van der Waals surface area contributed by atoms with E-state index in [1.165, 1.54) is 36.1 Å². The molecule has 1 unspecified atom stereocenters. The number of hydrogen-bond donors (Lipinski definition) is 3. The molecule has 7 rings (SSSR count). The second-order valence-electron chi connectivity index (χ2n) is 13.0. The first-order chi connectivity index (χ1) is 23.3. The van der Waals surface area contributed by atoms with Gasteiger partial charge < -0.3 is 29.9 Å². The zero-order valence-electron chi connectivity index (χ0n) is 26.3. The van der Waals surface area contributed by atoms with Crippen LogP contribution in [0.5, 0.6) is 11.5 Å². The van der Waals surface area contributed by atoms with Crippen molar-refractivity contribution >= 4 is 22.7 Å². The van der Waals surface area contributed by atoms with E-state index in [2.05, 4.69) is 15.3 Å². The van der Waals surface area contributed by atoms with Gasteiger partial charge in [0.15, 0.2) is 0 Å². The minimum atomic E-state index is -5.37. The SMILES string of the molecule is C[C@]1(C(=O)N2CC[C@@H](O)C2)COc2c1cc(C(O)(CNC(=O)c1cc(OC3CC3)c3ncccc3c1)C(F)(F)F)nc2-c1ccc(F)cc1. The molecule has 3 atom stereocenters. The van der Waals surface area contributed by atoms with Crippen LogP contribution in [0.25, 0.3) is 22.2 Å². The highest BCUT2D eigenvalue weighted by atomic mass is 19.4. The van der Waals surface area contributed by atoms with Gasteiger partial charge in [-0.25, -0.2) is 9.37 Å². The monoisotopic (exact) mass is 680 g/mol. The van der Waals surface area contributed by atoms with Crippen LogP contribution in [-0.2, 0) is 15.8 Å². The van der Waals surface area contributed by atoms with Gasteiger partial charge in [-0.2, -0.15) is 13.2 Å². The molecule has 10 nitrogen and oxygen atoms in total. The molecule has 2 fully saturated rings. The van der Waals surface area contributed by atoms with Gasteiger partial charge in [-0.3, -0.25) is 14.6 Å². The lowest BCUT2D eigenvalue weighted by atomic mass is 9.81. The maximum atomic E-state index is 15.0. The van der Waals surface area contributed by atoms with Crippen molar-refractivity contribution in [3.05, 3.63) is 83.4 Å². The molecule has 2 amide bonds. The summed E-state index contributed by atoms with van der Waals surface area (Å²) in [7, 11) is 0. The van der Waals surface area contributed by atoms with Crippen molar-refractivity contribution in [3.63, 3.8) is 0 Å². The summed E-state index contributed by atoms with van der Waals surface area (Å²) in [5.74, 6) is -1.67. The first-order valence-corrected chi connectivity index (χ1v) is 15.8. The average Bonchev–Trinajstić information content (AvgIpc) is 3.69. The molecule has 49 heavy (non-hydrogen) atoms. The molecule has 1 saturated heterocycles. The van der Waals surface area contributed by atoms with E-state index in [-0.39, 0.29) is 53.9 Å². The number of hydrogen-bond acceptors (Lipinski definition) is 8. The van der Waals surface area contributed by atoms with E-state index in [1.54, 1.807) is 18.3 Å². The number of carbonyl (C=O) groups excluding carboxylic acids is 2. The van der Waals surface area contributed by atoms with Crippen LogP contribution in [-0.4, -0.2) is 81.5 Å². The number of alkyl halides is 3. The molecule has 14 heteroatoms. The number of nitrogens with zero attached hydrogens (tertiary/aromatic N) is 3. The van der Waals surface area contributed by atoms with E-state index >= 15 is 0 Å². The smallest absolute Gasteiger partial charge is 0.424 e. The van der Waals surface area contributed by atoms with Gasteiger partial charge in [-0.15, -0.1) is 0 Å². The van der Waals surface area contributed by atoms with Gasteiger partial charge in [-0.1, -0.05) is 6.07 Å². The van der Waals surface area contributed by atoms with Crippen LogP contribution in [0.3, 0.4) is 0 Å². The number of halogens is 4. The molecule has 2 aliphatic heterocycles. The van der Waals surface area contributed by atoms with Crippen molar-refractivity contribution in [2.75, 3.05) is 26.2 Å². The van der Waals surface area contributed by atoms with Crippen molar-refractivity contribution in [1.29, 1.82) is 0 Å². The molecule has 0 bridgehead atoms. The van der Waals surface area contributed by atoms with Crippen LogP contribution in [0.1, 0.15) is 47.8 Å². The second kappa shape index (κ2) is 11.9. The maximum Gasteiger partial charge on any atom is 0.424 e. The average molecular weight is 681 g/mol. The van der Waals surface area contributed by atoms with Crippen LogP contribution in [0.2, 0.25) is 0 Å². The predicted octanol–water partition coefficient (Wildman–Crippen LogP) is 4.40. The molecule has 0 radical (unpaired) electrons. The second-order valence-corrected chi connectivity index (χ2v) is 13.0. The maximum absolute atomic E-state index is 15.0. The molecule has 1 saturated carbocycles. The van der Waals surface area contributed by atoms with E-state index < -0.39 is 53.2 Å². The molecule has 2 aromatic heterocycles. The number of amides is 2. The van der Waals surface area contributed by atoms with Crippen molar-refractivity contribution in [1.82, 2.24) is 20.2 Å². The number of aliphatic hydroxyl groups is 2. The van der Waals surface area contributed by atoms with E-state index in [1.807, 2.05) is 0 Å². The Morgan fingerprint density at radius 2 is 1.88 bits per heavy atom. The number of aromatic nitrogens is 2. The molecule has 4 heterocycles. The summed E-state index contributed by atoms with van der Waals surface area (Å²) in [6.45, 7) is 0.205. The Kier molecular flexibility index (Phi) is 7.98. The topological polar surface area (TPSA) is 134 Å². The lowest BCUT2D eigenvalue weighted by molar-refractivity contribution is -0.265. The van der Waals surface area contributed by atoms with Crippen LogP contribution < -0.4 is 14.8 Å². The minimum absolute atomic E-state index is 0.00559. The van der Waals surface area contributed by atoms with Crippen molar-refractivity contribution in [3.8, 4) is 22.8 Å². The first-order valence-electron chi connectivity index (χ1n) is 15.8. The summed E-state index contributed by atoms with van der Waals surface area (Å²) >= 11 is 0. The summed E-state index contributed by atoms with van der Waals surface area (Å²) in [6.07, 6.45) is -2.60. The molecule has 1 aliphatic carbocycles. The van der Waals surface area contributed by atoms with E-state index in [9.17, 15) is 37.4 Å². The summed E-state index contributed by atoms with van der Waals surface area (Å²) in [6, 6.07) is 12.0. The molecule has 3 aliphatic rings. The fourth-order valence-electron chi connectivity index (χ4n) is 6.24. The number of ether oxygens (including phenoxy) is 2. The van der Waals surface area contributed by atoms with Gasteiger partial charge in [0.1, 0.15) is 40.5 Å². The molecular formula is C35H32F4N4O6. The number of likely N-dealkylation sites (tertiary alicyclic amines) is 1. The van der Waals surface area contributed by atoms with E-state index in [4.69, 9.17) is 9.47 Å². The van der Waals surface area contributed by atoms with E-state index in [0.29, 0.717) is 23.1 Å². The molecule has 2 aromatic carbocycles. The largest absolute Gasteiger partial charge is 0.489 e. The predicted molar refractivity (Wildman–Crippen MR) is 167 cm³/mol. The number of nitrogens with one attached hydrogen (secondary N) is 1. The first kappa shape index (κ1) is 32.7. The molecular weight excluding hydrogens is 648 g/mol. The zero-order valence-corrected chi connectivity index (χ0v) is 26.3. The third-order valence-corrected chi connectivity index (χ3v) is 9.26. The Balaban J connectivity index is 1.28. The lowest BCUT2D eigenvalue weighted by Gasteiger charge is -2.32. The lowest BCUT2D eigenvalue weighted by Crippen LogP contribution is -2.52. The number of β-amino-alcohol motifs (C(OH)–C–C–N with tert-alkyl or cyclic N) is 1. The van der Waals surface area contributed by atoms with Gasteiger partial charge >= 0.3 is 6.18 Å². The summed E-state index contributed by atoms with van der Waals surface area (Å²) in [5.41, 5.74) is -5.61. The fraction of sp³-hybridized carbons (Fsp3) is 0.371. The number of pyridine rings is 2. The van der Waals surface area contributed by atoms with Crippen molar-refractivity contribution < 1.29 is 46.8 Å². The number of rotatable bonds is 8. The fourth-order valence-corrected chi connectivity index (χ4v) is 6.24. The Hall–Kier alpha value is -4.82. The van der Waals surface area contributed by atoms with Gasteiger partial charge in [0.25, 0.3) is 5.91 Å². The van der Waals surface area contributed by atoms with E-state index in [0.717, 1.165) is 31.0 Å². The summed E-state index contributed by atoms with van der Waals surface area (Å²) in [5, 5.41) is 24.3. The highest BCUT2D eigenvalue weighted by molar-refractivity contribution is 6.00. The zero-order chi connectivity index (χ0) is 34.7. The minimum Gasteiger partial charge on any atom is -0.489 e. The molecule has 0 spiro atoms. The van der Waals surface area contributed by atoms with Gasteiger partial charge in [0.2, 0.25) is 11.5 Å². The Labute approximate surface area is 277 Å². The Bertz CT molecular complexity index is 1950. The van der Waals surface area contributed by atoms with Crippen molar-refractivity contribution in [2.45, 2.75) is 55.6 Å². The van der Waals surface area contributed by atoms with Gasteiger partial charge in [0.05, 0.1) is 24.4 Å². The third-order valence-electron chi connectivity index (χ3n) is 9.26. The summed E-state index contributed by atoms with van der Waals surface area (Å²) < 4.78 is 70.7. The summed E-state index contributed by atoms with van der Waals surface area (Å²) in [4.78, 5) is 37.1. The standard InChI is InChI=1S/C35H32F4N4O6/c1-33(32(46)43-12-10-23(44)16-43)18-48-30-25(33)15-27(42-29(30)19-4-6-22(36)7-5-19)34(47,35(37,38)39)17-41-31(45)21-13-20-3-2-11-40-28(20)26(14-21)49-24-8-9-24/h2-7,11,13-15,23-24,44,47H,8-10,12,16-18H2,1H3,(H,41,45)/t23-,33+,34?/m1/s1. The molecule has 3 N–H and O–H groups in total. The Morgan fingerprint density at radius 3 is 2.55 bits per heavy atom. The van der Waals surface area contributed by atoms with Gasteiger partial charge in [-0.05, 0) is 74.7 Å². The Morgan fingerprint density at radius 1 is 1.12 bits per heavy atom. The highest BCUT2D eigenvalue weighted by Gasteiger charge is 2.58. The van der Waals surface area contributed by atoms with Crippen LogP contribution in [0.15, 0.2) is 60.8 Å². The number of fused-ring (bicyclic) bond motifs is 2. The molecule has 256 valence electrons. The number of carbonyl (C=O) groups is 2. The number of benzene rings is 2. The van der Waals surface area contributed by atoms with Gasteiger partial charge in [0, 0.05) is 41.4 Å².